The van der Waals surface area contributed by atoms with Crippen molar-refractivity contribution < 1.29 is 14.3 Å². The smallest absolute Gasteiger partial charge is 0.318 e. The third-order valence-electron chi connectivity index (χ3n) is 5.40. The second kappa shape index (κ2) is 9.39. The monoisotopic (exact) mass is 394 g/mol. The molecule has 0 unspecified atom stereocenters. The summed E-state index contributed by atoms with van der Waals surface area (Å²) < 4.78 is 5.90. The van der Waals surface area contributed by atoms with E-state index in [1.807, 2.05) is 52.8 Å². The van der Waals surface area contributed by atoms with Gasteiger partial charge in [-0.3, -0.25) is 4.79 Å². The third kappa shape index (κ3) is 5.79. The van der Waals surface area contributed by atoms with Gasteiger partial charge in [-0.15, -0.1) is 0 Å². The Kier molecular flexibility index (Phi) is 7.40. The number of esters is 1. The van der Waals surface area contributed by atoms with Crippen LogP contribution in [0.4, 0.5) is 0 Å². The lowest BCUT2D eigenvalue weighted by molar-refractivity contribution is -0.135. The quantitative estimate of drug-likeness (QED) is 0.310. The first-order chi connectivity index (χ1) is 13.5. The molecule has 0 saturated heterocycles. The molecule has 2 aromatic carbocycles. The third-order valence-corrected chi connectivity index (χ3v) is 5.40. The Labute approximate surface area is 175 Å². The van der Waals surface area contributed by atoms with Crippen LogP contribution in [-0.2, 0) is 21.4 Å². The largest absolute Gasteiger partial charge is 0.426 e. The van der Waals surface area contributed by atoms with Gasteiger partial charge < -0.3 is 9.53 Å². The van der Waals surface area contributed by atoms with Crippen LogP contribution in [0.2, 0.25) is 0 Å². The molecular weight excluding hydrogens is 360 g/mol. The lowest BCUT2D eigenvalue weighted by atomic mass is 9.78. The number of hydrogen-bond acceptors (Lipinski definition) is 3. The molecule has 29 heavy (non-hydrogen) atoms. The molecule has 0 fully saturated rings. The zero-order valence-electron chi connectivity index (χ0n) is 18.8. The van der Waals surface area contributed by atoms with Crippen LogP contribution in [0.25, 0.3) is 0 Å². The van der Waals surface area contributed by atoms with Crippen molar-refractivity contribution in [2.45, 2.75) is 72.6 Å². The Hall–Kier alpha value is -2.42. The number of benzene rings is 2. The topological polar surface area (TPSA) is 43.4 Å². The predicted molar refractivity (Wildman–Crippen MR) is 119 cm³/mol. The Balaban J connectivity index is 2.29. The van der Waals surface area contributed by atoms with Gasteiger partial charge in [-0.25, -0.2) is 0 Å². The van der Waals surface area contributed by atoms with Gasteiger partial charge in [0, 0.05) is 17.4 Å². The number of aldehydes is 1. The minimum absolute atomic E-state index is 0.283. The SMILES string of the molecule is Cc1cc(C)c(C(C)(C)CC=O)c(OC(=O)[C@@H](C)c2ccc(CC(C)C)cc2)c1. The van der Waals surface area contributed by atoms with Crippen LogP contribution in [0.5, 0.6) is 5.75 Å². The molecular formula is C26H34O3. The number of carbonyl (C=O) groups excluding carboxylic acids is 2. The average molecular weight is 395 g/mol. The fourth-order valence-electron chi connectivity index (χ4n) is 3.93. The maximum absolute atomic E-state index is 12.9. The normalized spacial score (nSPS) is 12.7. The summed E-state index contributed by atoms with van der Waals surface area (Å²) in [5.41, 5.74) is 4.80. The Morgan fingerprint density at radius 1 is 1.07 bits per heavy atom. The van der Waals surface area contributed by atoms with Crippen molar-refractivity contribution in [1.29, 1.82) is 0 Å². The van der Waals surface area contributed by atoms with E-state index in [-0.39, 0.29) is 11.9 Å². The van der Waals surface area contributed by atoms with Crippen LogP contribution in [0, 0.1) is 19.8 Å². The summed E-state index contributed by atoms with van der Waals surface area (Å²) in [6.45, 7) is 14.3. The molecule has 0 amide bonds. The zero-order chi connectivity index (χ0) is 21.8. The summed E-state index contributed by atoms with van der Waals surface area (Å²) in [5.74, 6) is 0.504. The highest BCUT2D eigenvalue weighted by molar-refractivity contribution is 5.80. The number of rotatable bonds is 8. The molecule has 0 aliphatic heterocycles. The molecule has 0 N–H and O–H groups in total. The van der Waals surface area contributed by atoms with E-state index in [0.29, 0.717) is 18.1 Å². The molecule has 0 spiro atoms. The molecule has 156 valence electrons. The van der Waals surface area contributed by atoms with E-state index < -0.39 is 5.41 Å². The van der Waals surface area contributed by atoms with Gasteiger partial charge in [0.15, 0.2) is 0 Å². The Bertz CT molecular complexity index is 860. The highest BCUT2D eigenvalue weighted by Gasteiger charge is 2.28. The van der Waals surface area contributed by atoms with E-state index in [1.165, 1.54) is 5.56 Å². The first-order valence-electron chi connectivity index (χ1n) is 10.4. The van der Waals surface area contributed by atoms with Crippen LogP contribution in [0.15, 0.2) is 36.4 Å². The van der Waals surface area contributed by atoms with Crippen molar-refractivity contribution in [1.82, 2.24) is 0 Å². The van der Waals surface area contributed by atoms with Crippen LogP contribution < -0.4 is 4.74 Å². The van der Waals surface area contributed by atoms with Gasteiger partial charge in [0.25, 0.3) is 0 Å². The molecule has 0 saturated carbocycles. The van der Waals surface area contributed by atoms with Crippen molar-refractivity contribution in [3.8, 4) is 5.75 Å². The molecule has 0 aromatic heterocycles. The van der Waals surface area contributed by atoms with Gasteiger partial charge in [-0.1, -0.05) is 58.0 Å². The molecule has 2 aromatic rings. The van der Waals surface area contributed by atoms with Crippen LogP contribution >= 0.6 is 0 Å². The van der Waals surface area contributed by atoms with E-state index in [9.17, 15) is 9.59 Å². The molecule has 3 heteroatoms. The van der Waals surface area contributed by atoms with Crippen molar-refractivity contribution in [3.05, 3.63) is 64.2 Å². The molecule has 0 bridgehead atoms. The van der Waals surface area contributed by atoms with Crippen molar-refractivity contribution in [2.24, 2.45) is 5.92 Å². The standard InChI is InChI=1S/C26H34O3/c1-17(2)14-21-8-10-22(11-9-21)20(5)25(28)29-23-16-18(3)15-19(4)24(23)26(6,7)12-13-27/h8-11,13,15-17,20H,12,14H2,1-7H3/t20-/m0/s1. The van der Waals surface area contributed by atoms with Crippen LogP contribution in [-0.4, -0.2) is 12.3 Å². The van der Waals surface area contributed by atoms with E-state index in [1.54, 1.807) is 0 Å². The van der Waals surface area contributed by atoms with Gasteiger partial charge in [-0.05, 0) is 61.4 Å². The number of carbonyl (C=O) groups is 2. The molecule has 0 heterocycles. The number of hydrogen-bond donors (Lipinski definition) is 0. The van der Waals surface area contributed by atoms with Crippen molar-refractivity contribution in [2.75, 3.05) is 0 Å². The van der Waals surface area contributed by atoms with Gasteiger partial charge in [-0.2, -0.15) is 0 Å². The van der Waals surface area contributed by atoms with E-state index in [4.69, 9.17) is 4.74 Å². The van der Waals surface area contributed by atoms with Crippen molar-refractivity contribution >= 4 is 12.3 Å². The molecule has 0 aliphatic rings. The number of ether oxygens (including phenoxy) is 1. The second-order valence-corrected chi connectivity index (χ2v) is 9.19. The molecule has 2 rings (SSSR count). The summed E-state index contributed by atoms with van der Waals surface area (Å²) in [6, 6.07) is 12.2. The fraction of sp³-hybridized carbons (Fsp3) is 0.462. The van der Waals surface area contributed by atoms with Gasteiger partial charge in [0.05, 0.1) is 5.92 Å². The first-order valence-corrected chi connectivity index (χ1v) is 10.4. The fourth-order valence-corrected chi connectivity index (χ4v) is 3.93. The average Bonchev–Trinajstić information content (AvgIpc) is 2.60. The minimum Gasteiger partial charge on any atom is -0.426 e. The lowest BCUT2D eigenvalue weighted by Gasteiger charge is -2.28. The summed E-state index contributed by atoms with van der Waals surface area (Å²) in [5, 5.41) is 0. The second-order valence-electron chi connectivity index (χ2n) is 9.19. The molecule has 0 radical (unpaired) electrons. The van der Waals surface area contributed by atoms with Gasteiger partial charge in [0.1, 0.15) is 12.0 Å². The summed E-state index contributed by atoms with van der Waals surface area (Å²) in [6.07, 6.45) is 2.32. The van der Waals surface area contributed by atoms with Gasteiger partial charge >= 0.3 is 5.97 Å². The Morgan fingerprint density at radius 2 is 1.69 bits per heavy atom. The van der Waals surface area contributed by atoms with Gasteiger partial charge in [0.2, 0.25) is 0 Å². The van der Waals surface area contributed by atoms with E-state index in [2.05, 4.69) is 32.0 Å². The maximum atomic E-state index is 12.9. The zero-order valence-corrected chi connectivity index (χ0v) is 18.8. The minimum atomic E-state index is -0.406. The molecule has 0 aliphatic carbocycles. The number of aryl methyl sites for hydroxylation is 2. The highest BCUT2D eigenvalue weighted by atomic mass is 16.5. The maximum Gasteiger partial charge on any atom is 0.318 e. The summed E-state index contributed by atoms with van der Waals surface area (Å²) >= 11 is 0. The first kappa shape index (κ1) is 22.9. The molecule has 1 atom stereocenters. The van der Waals surface area contributed by atoms with Crippen LogP contribution in [0.3, 0.4) is 0 Å². The van der Waals surface area contributed by atoms with Crippen molar-refractivity contribution in [3.63, 3.8) is 0 Å². The van der Waals surface area contributed by atoms with Crippen LogP contribution in [0.1, 0.15) is 74.8 Å². The highest BCUT2D eigenvalue weighted by Crippen LogP contribution is 2.38. The lowest BCUT2D eigenvalue weighted by Crippen LogP contribution is -2.23. The van der Waals surface area contributed by atoms with E-state index in [0.717, 1.165) is 35.0 Å². The summed E-state index contributed by atoms with van der Waals surface area (Å²) in [4.78, 5) is 24.1. The summed E-state index contributed by atoms with van der Waals surface area (Å²) in [7, 11) is 0. The predicted octanol–water partition coefficient (Wildman–Crippen LogP) is 6.08. The molecule has 3 nitrogen and oxygen atoms in total. The van der Waals surface area contributed by atoms with E-state index >= 15 is 0 Å². The Morgan fingerprint density at radius 3 is 2.24 bits per heavy atom.